The average molecular weight is 494 g/mol. The van der Waals surface area contributed by atoms with Gasteiger partial charge in [-0.25, -0.2) is 4.79 Å². The number of carbonyl (C=O) groups is 2. The average Bonchev–Trinajstić information content (AvgIpc) is 3.54. The van der Waals surface area contributed by atoms with E-state index in [-0.39, 0.29) is 29.5 Å². The number of ketones is 1. The molecule has 35 heavy (non-hydrogen) atoms. The van der Waals surface area contributed by atoms with Crippen LogP contribution in [-0.4, -0.2) is 35.3 Å². The van der Waals surface area contributed by atoms with Gasteiger partial charge in [-0.15, -0.1) is 11.3 Å². The van der Waals surface area contributed by atoms with Crippen molar-refractivity contribution in [1.29, 1.82) is 0 Å². The minimum absolute atomic E-state index is 0.0313. The van der Waals surface area contributed by atoms with Gasteiger partial charge in [-0.1, -0.05) is 12.1 Å². The summed E-state index contributed by atoms with van der Waals surface area (Å²) < 4.78 is 11.5. The highest BCUT2D eigenvalue weighted by atomic mass is 32.1. The molecule has 2 aromatic rings. The number of allylic oxidation sites excluding steroid dienone is 1. The van der Waals surface area contributed by atoms with Gasteiger partial charge in [0, 0.05) is 34.5 Å². The third-order valence-electron chi connectivity index (χ3n) is 7.34. The van der Waals surface area contributed by atoms with E-state index in [0.29, 0.717) is 36.5 Å². The van der Waals surface area contributed by atoms with Gasteiger partial charge in [-0.2, -0.15) is 0 Å². The topological polar surface area (TPSA) is 85.2 Å². The summed E-state index contributed by atoms with van der Waals surface area (Å²) in [6.07, 6.45) is 4.88. The van der Waals surface area contributed by atoms with Crippen LogP contribution in [0.5, 0.6) is 11.5 Å². The Hall–Kier alpha value is -2.93. The van der Waals surface area contributed by atoms with Gasteiger partial charge in [-0.05, 0) is 75.1 Å². The number of hydrogen-bond donors (Lipinski definition) is 1. The predicted octanol–water partition coefficient (Wildman–Crippen LogP) is 5.91. The van der Waals surface area contributed by atoms with Crippen LogP contribution >= 0.6 is 11.3 Å². The molecule has 2 fully saturated rings. The Labute approximate surface area is 209 Å². The normalized spacial score (nSPS) is 24.8. The zero-order valence-electron chi connectivity index (χ0n) is 20.2. The molecule has 184 valence electrons. The molecule has 6 nitrogen and oxygen atoms in total. The lowest BCUT2D eigenvalue weighted by molar-refractivity contribution is -0.144. The van der Waals surface area contributed by atoms with E-state index in [4.69, 9.17) is 14.5 Å². The highest BCUT2D eigenvalue weighted by Gasteiger charge is 2.46. The van der Waals surface area contributed by atoms with Gasteiger partial charge in [0.2, 0.25) is 0 Å². The van der Waals surface area contributed by atoms with E-state index in [2.05, 4.69) is 6.07 Å². The monoisotopic (exact) mass is 493 g/mol. The summed E-state index contributed by atoms with van der Waals surface area (Å²) >= 11 is 1.66. The summed E-state index contributed by atoms with van der Waals surface area (Å²) in [7, 11) is 0. The van der Waals surface area contributed by atoms with Crippen molar-refractivity contribution in [2.24, 2.45) is 10.9 Å². The van der Waals surface area contributed by atoms with Gasteiger partial charge in [0.05, 0.1) is 18.1 Å². The SMILES string of the molecule is CCOc1cc([C@H]2C(C(=O)OC3CCCC3)=C(C)N=C3C[C@@H](c4cccs4)CC(=O)C32)ccc1O. The second-order valence-electron chi connectivity index (χ2n) is 9.62. The van der Waals surface area contributed by atoms with Gasteiger partial charge in [0.15, 0.2) is 11.5 Å². The van der Waals surface area contributed by atoms with Crippen molar-refractivity contribution < 1.29 is 24.2 Å². The van der Waals surface area contributed by atoms with Crippen LogP contribution in [0.3, 0.4) is 0 Å². The number of phenols is 1. The van der Waals surface area contributed by atoms with Crippen LogP contribution in [0.15, 0.2) is 52.0 Å². The van der Waals surface area contributed by atoms with Gasteiger partial charge in [0.1, 0.15) is 11.9 Å². The summed E-state index contributed by atoms with van der Waals surface area (Å²) in [5.74, 6) is -0.868. The standard InChI is InChI=1S/C28H31NO5S/c1-3-33-23-15-17(10-11-21(23)30)26-25(28(32)34-19-7-4-5-8-19)16(2)29-20-13-18(14-22(31)27(20)26)24-9-6-12-35-24/h6,9-12,15,18-19,26-27,30H,3-5,7-8,13-14H2,1-2H3/t18-,26+,27?/m1/s1. The Morgan fingerprint density at radius 2 is 1.97 bits per heavy atom. The summed E-state index contributed by atoms with van der Waals surface area (Å²) in [6.45, 7) is 4.08. The Morgan fingerprint density at radius 3 is 2.69 bits per heavy atom. The first-order chi connectivity index (χ1) is 17.0. The lowest BCUT2D eigenvalue weighted by Gasteiger charge is -2.38. The molecule has 1 unspecified atom stereocenters. The van der Waals surface area contributed by atoms with Crippen LogP contribution in [0.4, 0.5) is 0 Å². The van der Waals surface area contributed by atoms with E-state index < -0.39 is 11.8 Å². The molecule has 2 saturated carbocycles. The second-order valence-corrected chi connectivity index (χ2v) is 10.6. The number of rotatable bonds is 6. The zero-order chi connectivity index (χ0) is 24.5. The van der Waals surface area contributed by atoms with E-state index in [1.807, 2.05) is 25.3 Å². The molecule has 2 aliphatic carbocycles. The third-order valence-corrected chi connectivity index (χ3v) is 8.37. The fourth-order valence-corrected chi connectivity index (χ4v) is 6.57. The second kappa shape index (κ2) is 9.97. The fraction of sp³-hybridized carbons (Fsp3) is 0.464. The molecule has 5 rings (SSSR count). The van der Waals surface area contributed by atoms with Crippen molar-refractivity contribution in [1.82, 2.24) is 0 Å². The molecule has 0 spiro atoms. The molecule has 0 bridgehead atoms. The van der Waals surface area contributed by atoms with Crippen LogP contribution in [0, 0.1) is 5.92 Å². The number of esters is 1. The van der Waals surface area contributed by atoms with Crippen molar-refractivity contribution in [2.45, 2.75) is 70.3 Å². The van der Waals surface area contributed by atoms with Crippen LogP contribution in [-0.2, 0) is 14.3 Å². The highest BCUT2D eigenvalue weighted by Crippen LogP contribution is 2.48. The van der Waals surface area contributed by atoms with Crippen molar-refractivity contribution in [3.63, 3.8) is 0 Å². The maximum absolute atomic E-state index is 13.7. The number of benzene rings is 1. The van der Waals surface area contributed by atoms with E-state index in [0.717, 1.165) is 37.0 Å². The van der Waals surface area contributed by atoms with Crippen molar-refractivity contribution in [3.05, 3.63) is 57.4 Å². The van der Waals surface area contributed by atoms with Crippen LogP contribution in [0.25, 0.3) is 0 Å². The van der Waals surface area contributed by atoms with E-state index in [1.165, 1.54) is 4.88 Å². The highest BCUT2D eigenvalue weighted by molar-refractivity contribution is 7.10. The molecule has 0 saturated heterocycles. The summed E-state index contributed by atoms with van der Waals surface area (Å²) in [5, 5.41) is 12.3. The maximum Gasteiger partial charge on any atom is 0.336 e. The largest absolute Gasteiger partial charge is 0.504 e. The first-order valence-corrected chi connectivity index (χ1v) is 13.3. The zero-order valence-corrected chi connectivity index (χ0v) is 21.0. The first-order valence-electron chi connectivity index (χ1n) is 12.5. The van der Waals surface area contributed by atoms with Gasteiger partial charge in [-0.3, -0.25) is 9.79 Å². The number of ether oxygens (including phenoxy) is 2. The Morgan fingerprint density at radius 1 is 1.17 bits per heavy atom. The molecule has 1 aromatic carbocycles. The molecule has 1 N–H and O–H groups in total. The van der Waals surface area contributed by atoms with Crippen molar-refractivity contribution >= 4 is 28.8 Å². The van der Waals surface area contributed by atoms with E-state index in [1.54, 1.807) is 29.5 Å². The van der Waals surface area contributed by atoms with Crippen molar-refractivity contribution in [2.75, 3.05) is 6.61 Å². The molecule has 3 atom stereocenters. The first kappa shape index (κ1) is 23.8. The number of aromatic hydroxyl groups is 1. The Kier molecular flexibility index (Phi) is 6.78. The molecule has 3 aliphatic rings. The maximum atomic E-state index is 13.7. The fourth-order valence-electron chi connectivity index (χ4n) is 5.74. The number of phenolic OH excluding ortho intramolecular Hbond substituents is 1. The van der Waals surface area contributed by atoms with E-state index >= 15 is 0 Å². The smallest absolute Gasteiger partial charge is 0.336 e. The molecular formula is C28H31NO5S. The van der Waals surface area contributed by atoms with Crippen LogP contribution in [0.2, 0.25) is 0 Å². The molecular weight excluding hydrogens is 462 g/mol. The molecule has 0 amide bonds. The quantitative estimate of drug-likeness (QED) is 0.506. The van der Waals surface area contributed by atoms with Gasteiger partial charge in [0.25, 0.3) is 0 Å². The van der Waals surface area contributed by atoms with E-state index in [9.17, 15) is 14.7 Å². The molecule has 2 heterocycles. The number of carbonyl (C=O) groups excluding carboxylic acids is 2. The Bertz CT molecular complexity index is 1180. The minimum Gasteiger partial charge on any atom is -0.504 e. The van der Waals surface area contributed by atoms with Crippen LogP contribution < -0.4 is 4.74 Å². The summed E-state index contributed by atoms with van der Waals surface area (Å²) in [6, 6.07) is 9.19. The number of nitrogens with zero attached hydrogens (tertiary/aromatic N) is 1. The number of fused-ring (bicyclic) bond motifs is 1. The Balaban J connectivity index is 1.57. The number of aliphatic imine (C=N–C) groups is 1. The number of hydrogen-bond acceptors (Lipinski definition) is 7. The lowest BCUT2D eigenvalue weighted by atomic mass is 9.67. The van der Waals surface area contributed by atoms with Gasteiger partial charge >= 0.3 is 5.97 Å². The molecule has 1 aromatic heterocycles. The lowest BCUT2D eigenvalue weighted by Crippen LogP contribution is -2.41. The van der Waals surface area contributed by atoms with Crippen molar-refractivity contribution in [3.8, 4) is 11.5 Å². The summed E-state index contributed by atoms with van der Waals surface area (Å²) in [4.78, 5) is 33.2. The number of thiophene rings is 1. The van der Waals surface area contributed by atoms with Gasteiger partial charge < -0.3 is 14.6 Å². The molecule has 7 heteroatoms. The third kappa shape index (κ3) is 4.66. The molecule has 0 radical (unpaired) electrons. The number of Topliss-reactive ketones (excluding diaryl/α,β-unsaturated/α-hetero) is 1. The summed E-state index contributed by atoms with van der Waals surface area (Å²) in [5.41, 5.74) is 2.63. The van der Waals surface area contributed by atoms with Crippen LogP contribution in [0.1, 0.15) is 74.6 Å². The molecule has 1 aliphatic heterocycles. The predicted molar refractivity (Wildman–Crippen MR) is 135 cm³/mol. The minimum atomic E-state index is -0.528.